The zero-order chi connectivity index (χ0) is 17.9. The number of halogens is 1. The van der Waals surface area contributed by atoms with Crippen LogP contribution in [0.25, 0.3) is 0 Å². The van der Waals surface area contributed by atoms with E-state index in [2.05, 4.69) is 10.3 Å². The highest BCUT2D eigenvalue weighted by molar-refractivity contribution is 5.86. The minimum atomic E-state index is -0.461. The molecule has 0 aliphatic carbocycles. The van der Waals surface area contributed by atoms with E-state index in [9.17, 15) is 9.18 Å². The number of carbonyl (C=O) groups is 1. The third kappa shape index (κ3) is 3.16. The molecule has 2 aromatic carbocycles. The molecule has 0 spiro atoms. The fourth-order valence-corrected chi connectivity index (χ4v) is 3.15. The first kappa shape index (κ1) is 16.3. The number of nitrogens with one attached hydrogen (secondary N) is 1. The number of aromatic nitrogens is 1. The number of amides is 1. The average molecular weight is 348 g/mol. The Bertz CT molecular complexity index is 913. The highest BCUT2D eigenvalue weighted by Crippen LogP contribution is 2.34. The molecule has 26 heavy (non-hydrogen) atoms. The standard InChI is InChI=1S/C21H17FN2O2/c22-15-10-8-14(9-11-15)20(18-6-3-4-12-23-18)24-21(25)17-13-26-19-7-2-1-5-16(17)19/h1-12,17,20H,13H2,(H,24,25)/t17-,20-/m0/s1. The van der Waals surface area contributed by atoms with E-state index >= 15 is 0 Å². The lowest BCUT2D eigenvalue weighted by atomic mass is 9.98. The number of pyridine rings is 1. The number of hydrogen-bond acceptors (Lipinski definition) is 3. The summed E-state index contributed by atoms with van der Waals surface area (Å²) in [5.41, 5.74) is 2.34. The third-order valence-corrected chi connectivity index (χ3v) is 4.49. The van der Waals surface area contributed by atoms with Crippen LogP contribution >= 0.6 is 0 Å². The van der Waals surface area contributed by atoms with Crippen LogP contribution in [0.3, 0.4) is 0 Å². The van der Waals surface area contributed by atoms with Crippen LogP contribution in [0.15, 0.2) is 72.9 Å². The van der Waals surface area contributed by atoms with Crippen molar-refractivity contribution in [2.45, 2.75) is 12.0 Å². The fraction of sp³-hybridized carbons (Fsp3) is 0.143. The van der Waals surface area contributed by atoms with Crippen LogP contribution < -0.4 is 10.1 Å². The summed E-state index contributed by atoms with van der Waals surface area (Å²) in [5.74, 6) is -0.102. The minimum Gasteiger partial charge on any atom is -0.492 e. The molecule has 0 unspecified atom stereocenters. The summed E-state index contributed by atoms with van der Waals surface area (Å²) in [6.45, 7) is 0.309. The van der Waals surface area contributed by atoms with E-state index in [1.165, 1.54) is 12.1 Å². The monoisotopic (exact) mass is 348 g/mol. The number of rotatable bonds is 4. The van der Waals surface area contributed by atoms with Crippen molar-refractivity contribution < 1.29 is 13.9 Å². The van der Waals surface area contributed by atoms with Crippen LogP contribution in [0, 0.1) is 5.82 Å². The molecule has 1 amide bonds. The van der Waals surface area contributed by atoms with E-state index < -0.39 is 6.04 Å². The highest BCUT2D eigenvalue weighted by Gasteiger charge is 2.32. The van der Waals surface area contributed by atoms with Gasteiger partial charge >= 0.3 is 0 Å². The second kappa shape index (κ2) is 6.96. The maximum Gasteiger partial charge on any atom is 0.231 e. The van der Waals surface area contributed by atoms with E-state index in [4.69, 9.17) is 4.74 Å². The lowest BCUT2D eigenvalue weighted by Gasteiger charge is -2.21. The topological polar surface area (TPSA) is 51.2 Å². The van der Waals surface area contributed by atoms with Crippen molar-refractivity contribution in [3.05, 3.63) is 95.6 Å². The number of benzene rings is 2. The van der Waals surface area contributed by atoms with Gasteiger partial charge in [-0.25, -0.2) is 4.39 Å². The summed E-state index contributed by atoms with van der Waals surface area (Å²) >= 11 is 0. The van der Waals surface area contributed by atoms with Gasteiger partial charge in [-0.1, -0.05) is 36.4 Å². The maximum atomic E-state index is 13.3. The number of ether oxygens (including phenoxy) is 1. The average Bonchev–Trinajstić information content (AvgIpc) is 3.12. The molecule has 1 aliphatic rings. The molecule has 0 saturated heterocycles. The van der Waals surface area contributed by atoms with Crippen molar-refractivity contribution in [1.29, 1.82) is 0 Å². The van der Waals surface area contributed by atoms with Gasteiger partial charge in [0.2, 0.25) is 5.91 Å². The Morgan fingerprint density at radius 3 is 2.62 bits per heavy atom. The Kier molecular flexibility index (Phi) is 4.35. The first-order chi connectivity index (χ1) is 12.7. The largest absolute Gasteiger partial charge is 0.492 e. The summed E-state index contributed by atoms with van der Waals surface area (Å²) in [6.07, 6.45) is 1.67. The van der Waals surface area contributed by atoms with Crippen LogP contribution in [0.1, 0.15) is 28.8 Å². The normalized spacial score (nSPS) is 16.4. The highest BCUT2D eigenvalue weighted by atomic mass is 19.1. The first-order valence-corrected chi connectivity index (χ1v) is 8.41. The van der Waals surface area contributed by atoms with Crippen LogP contribution in [-0.2, 0) is 4.79 Å². The molecular weight excluding hydrogens is 331 g/mol. The van der Waals surface area contributed by atoms with Gasteiger partial charge in [0.05, 0.1) is 11.7 Å². The summed E-state index contributed by atoms with van der Waals surface area (Å²) in [6, 6.07) is 18.7. The molecule has 0 saturated carbocycles. The Morgan fingerprint density at radius 2 is 1.85 bits per heavy atom. The molecule has 0 fully saturated rings. The van der Waals surface area contributed by atoms with Gasteiger partial charge in [0.15, 0.2) is 0 Å². The van der Waals surface area contributed by atoms with Gasteiger partial charge in [-0.2, -0.15) is 0 Å². The van der Waals surface area contributed by atoms with Gasteiger partial charge in [0.1, 0.15) is 24.1 Å². The third-order valence-electron chi connectivity index (χ3n) is 4.49. The first-order valence-electron chi connectivity index (χ1n) is 8.41. The molecule has 130 valence electrons. The zero-order valence-electron chi connectivity index (χ0n) is 13.9. The Hall–Kier alpha value is -3.21. The minimum absolute atomic E-state index is 0.144. The van der Waals surface area contributed by atoms with Gasteiger partial charge in [-0.05, 0) is 35.9 Å². The molecular formula is C21H17FN2O2. The molecule has 4 rings (SSSR count). The van der Waals surface area contributed by atoms with Gasteiger partial charge in [-0.3, -0.25) is 9.78 Å². The van der Waals surface area contributed by atoms with Crippen LogP contribution in [0.2, 0.25) is 0 Å². The van der Waals surface area contributed by atoms with E-state index in [0.717, 1.165) is 16.9 Å². The number of para-hydroxylation sites is 1. The number of fused-ring (bicyclic) bond motifs is 1. The summed E-state index contributed by atoms with van der Waals surface area (Å²) in [4.78, 5) is 17.3. The smallest absolute Gasteiger partial charge is 0.231 e. The molecule has 1 N–H and O–H groups in total. The van der Waals surface area contributed by atoms with Crippen LogP contribution in [0.5, 0.6) is 5.75 Å². The maximum absolute atomic E-state index is 13.3. The second-order valence-electron chi connectivity index (χ2n) is 6.15. The molecule has 4 nitrogen and oxygen atoms in total. The van der Waals surface area contributed by atoms with Crippen LogP contribution in [0.4, 0.5) is 4.39 Å². The van der Waals surface area contributed by atoms with Crippen molar-refractivity contribution in [1.82, 2.24) is 10.3 Å². The lowest BCUT2D eigenvalue weighted by molar-refractivity contribution is -0.123. The van der Waals surface area contributed by atoms with Crippen LogP contribution in [-0.4, -0.2) is 17.5 Å². The number of nitrogens with zero attached hydrogens (tertiary/aromatic N) is 1. The zero-order valence-corrected chi connectivity index (χ0v) is 13.9. The summed E-state index contributed by atoms with van der Waals surface area (Å²) in [7, 11) is 0. The van der Waals surface area contributed by atoms with E-state index in [1.54, 1.807) is 18.3 Å². The molecule has 3 aromatic rings. The van der Waals surface area contributed by atoms with Crippen molar-refractivity contribution in [3.8, 4) is 5.75 Å². The summed E-state index contributed by atoms with van der Waals surface area (Å²) < 4.78 is 18.9. The molecule has 1 aliphatic heterocycles. The number of hydrogen-bond donors (Lipinski definition) is 1. The van der Waals surface area contributed by atoms with Gasteiger partial charge < -0.3 is 10.1 Å². The van der Waals surface area contributed by atoms with Crippen molar-refractivity contribution in [2.75, 3.05) is 6.61 Å². The molecule has 0 bridgehead atoms. The van der Waals surface area contributed by atoms with Gasteiger partial charge in [0, 0.05) is 11.8 Å². The van der Waals surface area contributed by atoms with E-state index in [-0.39, 0.29) is 17.6 Å². The Balaban J connectivity index is 1.63. The predicted octanol–water partition coefficient (Wildman–Crippen LogP) is 3.60. The van der Waals surface area contributed by atoms with Crippen molar-refractivity contribution in [3.63, 3.8) is 0 Å². The fourth-order valence-electron chi connectivity index (χ4n) is 3.15. The Morgan fingerprint density at radius 1 is 1.08 bits per heavy atom. The molecule has 2 atom stereocenters. The second-order valence-corrected chi connectivity index (χ2v) is 6.15. The van der Waals surface area contributed by atoms with Gasteiger partial charge in [-0.15, -0.1) is 0 Å². The molecule has 2 heterocycles. The SMILES string of the molecule is O=C(N[C@@H](c1ccc(F)cc1)c1ccccn1)[C@H]1COc2ccccc21. The van der Waals surface area contributed by atoms with Gasteiger partial charge in [0.25, 0.3) is 0 Å². The van der Waals surface area contributed by atoms with E-state index in [0.29, 0.717) is 12.3 Å². The van der Waals surface area contributed by atoms with E-state index in [1.807, 2.05) is 42.5 Å². The molecule has 0 radical (unpaired) electrons. The Labute approximate surface area is 150 Å². The van der Waals surface area contributed by atoms with Crippen molar-refractivity contribution in [2.24, 2.45) is 0 Å². The lowest BCUT2D eigenvalue weighted by Crippen LogP contribution is -2.34. The predicted molar refractivity (Wildman–Crippen MR) is 95.3 cm³/mol. The molecule has 5 heteroatoms. The summed E-state index contributed by atoms with van der Waals surface area (Å²) in [5, 5.41) is 3.05. The molecule has 1 aromatic heterocycles. The number of carbonyl (C=O) groups excluding carboxylic acids is 1. The van der Waals surface area contributed by atoms with Crippen molar-refractivity contribution >= 4 is 5.91 Å². The quantitative estimate of drug-likeness (QED) is 0.784.